The van der Waals surface area contributed by atoms with Crippen molar-refractivity contribution in [1.82, 2.24) is 19.6 Å². The zero-order valence-electron chi connectivity index (χ0n) is 9.19. The number of nitrogens with zero attached hydrogens (tertiary/aromatic N) is 4. The molecule has 0 aromatic carbocycles. The van der Waals surface area contributed by atoms with Crippen LogP contribution in [0.3, 0.4) is 0 Å². The molecule has 3 heterocycles. The van der Waals surface area contributed by atoms with Crippen LogP contribution in [0.2, 0.25) is 0 Å². The molecular weight excluding hydrogens is 232 g/mol. The number of carboxylic acids is 1. The van der Waals surface area contributed by atoms with Crippen LogP contribution in [0.15, 0.2) is 42.7 Å². The van der Waals surface area contributed by atoms with Gasteiger partial charge in [-0.2, -0.15) is 5.10 Å². The van der Waals surface area contributed by atoms with Gasteiger partial charge in [0.2, 0.25) is 0 Å². The molecule has 0 unspecified atom stereocenters. The van der Waals surface area contributed by atoms with E-state index in [0.29, 0.717) is 11.3 Å². The van der Waals surface area contributed by atoms with E-state index in [-0.39, 0.29) is 5.69 Å². The molecule has 1 N–H and O–H groups in total. The van der Waals surface area contributed by atoms with E-state index in [1.807, 2.05) is 18.2 Å². The van der Waals surface area contributed by atoms with E-state index in [1.54, 1.807) is 18.3 Å². The predicted molar refractivity (Wildman–Crippen MR) is 63.2 cm³/mol. The molecule has 18 heavy (non-hydrogen) atoms. The van der Waals surface area contributed by atoms with Gasteiger partial charge in [0.1, 0.15) is 5.69 Å². The van der Waals surface area contributed by atoms with Gasteiger partial charge in [-0.15, -0.1) is 0 Å². The first kappa shape index (κ1) is 10.4. The average Bonchev–Trinajstić information content (AvgIpc) is 2.82. The van der Waals surface area contributed by atoms with Crippen molar-refractivity contribution >= 4 is 11.6 Å². The molecule has 0 spiro atoms. The van der Waals surface area contributed by atoms with Crippen molar-refractivity contribution in [2.24, 2.45) is 0 Å². The van der Waals surface area contributed by atoms with Gasteiger partial charge in [-0.05, 0) is 24.3 Å². The van der Waals surface area contributed by atoms with Crippen LogP contribution in [0, 0.1) is 0 Å². The maximum Gasteiger partial charge on any atom is 0.356 e. The number of fused-ring (bicyclic) bond motifs is 1. The first-order valence-electron chi connectivity index (χ1n) is 5.25. The van der Waals surface area contributed by atoms with Crippen LogP contribution in [0.1, 0.15) is 10.5 Å². The lowest BCUT2D eigenvalue weighted by Gasteiger charge is -1.99. The van der Waals surface area contributed by atoms with E-state index in [0.717, 1.165) is 5.69 Å². The fourth-order valence-corrected chi connectivity index (χ4v) is 1.64. The number of hydrogen-bond acceptors (Lipinski definition) is 4. The van der Waals surface area contributed by atoms with E-state index < -0.39 is 5.97 Å². The fraction of sp³-hybridized carbons (Fsp3) is 0. The van der Waals surface area contributed by atoms with Gasteiger partial charge in [-0.1, -0.05) is 6.07 Å². The van der Waals surface area contributed by atoms with Gasteiger partial charge in [0.15, 0.2) is 11.3 Å². The third-order valence-electron chi connectivity index (χ3n) is 2.47. The van der Waals surface area contributed by atoms with Crippen LogP contribution in [0.25, 0.3) is 17.0 Å². The summed E-state index contributed by atoms with van der Waals surface area (Å²) >= 11 is 0. The standard InChI is InChI=1S/C12H8N4O2/c17-12(18)10-7-16-11(14-10)5-4-9(15-16)8-3-1-2-6-13-8/h1-7H,(H,17,18). The number of carbonyl (C=O) groups is 1. The fourth-order valence-electron chi connectivity index (χ4n) is 1.64. The monoisotopic (exact) mass is 240 g/mol. The van der Waals surface area contributed by atoms with Crippen LogP contribution in [0.4, 0.5) is 0 Å². The van der Waals surface area contributed by atoms with Gasteiger partial charge < -0.3 is 5.11 Å². The minimum absolute atomic E-state index is 0.0272. The second-order valence-corrected chi connectivity index (χ2v) is 3.67. The molecule has 0 bridgehead atoms. The van der Waals surface area contributed by atoms with Crippen molar-refractivity contribution in [2.75, 3.05) is 0 Å². The molecule has 3 aromatic heterocycles. The zero-order chi connectivity index (χ0) is 12.5. The molecule has 0 radical (unpaired) electrons. The molecule has 0 aliphatic heterocycles. The number of rotatable bonds is 2. The molecule has 3 rings (SSSR count). The number of aromatic carboxylic acids is 1. The zero-order valence-corrected chi connectivity index (χ0v) is 9.19. The summed E-state index contributed by atoms with van der Waals surface area (Å²) in [6.45, 7) is 0. The molecular formula is C12H8N4O2. The Labute approximate surface area is 102 Å². The Morgan fingerprint density at radius 2 is 2.06 bits per heavy atom. The molecule has 6 heteroatoms. The normalized spacial score (nSPS) is 10.7. The van der Waals surface area contributed by atoms with E-state index in [4.69, 9.17) is 5.11 Å². The third kappa shape index (κ3) is 1.69. The Hall–Kier alpha value is -2.76. The van der Waals surface area contributed by atoms with Gasteiger partial charge in [-0.25, -0.2) is 14.3 Å². The number of carboxylic acid groups (broad SMARTS) is 1. The topological polar surface area (TPSA) is 80.4 Å². The van der Waals surface area contributed by atoms with Gasteiger partial charge in [0, 0.05) is 6.20 Å². The lowest BCUT2D eigenvalue weighted by molar-refractivity contribution is 0.0691. The number of hydrogen-bond donors (Lipinski definition) is 1. The Kier molecular flexibility index (Phi) is 2.26. The Morgan fingerprint density at radius 3 is 2.78 bits per heavy atom. The number of imidazole rings is 1. The molecule has 0 aliphatic carbocycles. The lowest BCUT2D eigenvalue weighted by atomic mass is 10.2. The highest BCUT2D eigenvalue weighted by Gasteiger charge is 2.10. The molecule has 88 valence electrons. The molecule has 0 fully saturated rings. The molecule has 0 aliphatic rings. The summed E-state index contributed by atoms with van der Waals surface area (Å²) in [6, 6.07) is 9.00. The van der Waals surface area contributed by atoms with E-state index in [2.05, 4.69) is 15.1 Å². The maximum atomic E-state index is 10.8. The molecule has 0 atom stereocenters. The Balaban J connectivity index is 2.14. The second-order valence-electron chi connectivity index (χ2n) is 3.67. The summed E-state index contributed by atoms with van der Waals surface area (Å²) in [6.07, 6.45) is 3.06. The van der Waals surface area contributed by atoms with Crippen molar-refractivity contribution in [2.45, 2.75) is 0 Å². The summed E-state index contributed by atoms with van der Waals surface area (Å²) in [5.74, 6) is -1.07. The van der Waals surface area contributed by atoms with E-state index in [9.17, 15) is 4.79 Å². The highest BCUT2D eigenvalue weighted by Crippen LogP contribution is 2.14. The molecule has 3 aromatic rings. The average molecular weight is 240 g/mol. The first-order chi connectivity index (χ1) is 8.74. The lowest BCUT2D eigenvalue weighted by Crippen LogP contribution is -1.95. The summed E-state index contributed by atoms with van der Waals surface area (Å²) in [7, 11) is 0. The van der Waals surface area contributed by atoms with Gasteiger partial charge in [0.05, 0.1) is 11.9 Å². The summed E-state index contributed by atoms with van der Waals surface area (Å²) in [4.78, 5) is 18.9. The van der Waals surface area contributed by atoms with Crippen LogP contribution in [-0.2, 0) is 0 Å². The SMILES string of the molecule is O=C(O)c1cn2nc(-c3ccccn3)ccc2n1. The van der Waals surface area contributed by atoms with E-state index in [1.165, 1.54) is 10.7 Å². The summed E-state index contributed by atoms with van der Waals surface area (Å²) < 4.78 is 1.44. The minimum Gasteiger partial charge on any atom is -0.476 e. The Morgan fingerprint density at radius 1 is 1.17 bits per heavy atom. The number of aromatic nitrogens is 4. The van der Waals surface area contributed by atoms with Gasteiger partial charge in [0.25, 0.3) is 0 Å². The highest BCUT2D eigenvalue weighted by atomic mass is 16.4. The quantitative estimate of drug-likeness (QED) is 0.734. The van der Waals surface area contributed by atoms with Gasteiger partial charge in [-0.3, -0.25) is 4.98 Å². The second kappa shape index (κ2) is 3.92. The van der Waals surface area contributed by atoms with Crippen molar-refractivity contribution < 1.29 is 9.90 Å². The van der Waals surface area contributed by atoms with Crippen LogP contribution in [0.5, 0.6) is 0 Å². The smallest absolute Gasteiger partial charge is 0.356 e. The maximum absolute atomic E-state index is 10.8. The first-order valence-corrected chi connectivity index (χ1v) is 5.25. The molecule has 6 nitrogen and oxygen atoms in total. The van der Waals surface area contributed by atoms with E-state index >= 15 is 0 Å². The van der Waals surface area contributed by atoms with Crippen molar-refractivity contribution in [3.05, 3.63) is 48.4 Å². The van der Waals surface area contributed by atoms with Crippen molar-refractivity contribution in [3.8, 4) is 11.4 Å². The van der Waals surface area contributed by atoms with Gasteiger partial charge >= 0.3 is 5.97 Å². The molecule has 0 amide bonds. The summed E-state index contributed by atoms with van der Waals surface area (Å²) in [5.41, 5.74) is 1.86. The Bertz CT molecular complexity index is 721. The van der Waals surface area contributed by atoms with Crippen molar-refractivity contribution in [1.29, 1.82) is 0 Å². The van der Waals surface area contributed by atoms with Crippen LogP contribution >= 0.6 is 0 Å². The van der Waals surface area contributed by atoms with Crippen LogP contribution in [-0.4, -0.2) is 30.7 Å². The molecule has 0 saturated carbocycles. The van der Waals surface area contributed by atoms with Crippen LogP contribution < -0.4 is 0 Å². The van der Waals surface area contributed by atoms with Crippen molar-refractivity contribution in [3.63, 3.8) is 0 Å². The highest BCUT2D eigenvalue weighted by molar-refractivity contribution is 5.86. The summed E-state index contributed by atoms with van der Waals surface area (Å²) in [5, 5.41) is 13.1. The molecule has 0 saturated heterocycles. The largest absolute Gasteiger partial charge is 0.476 e. The minimum atomic E-state index is -1.07. The number of pyridine rings is 1. The third-order valence-corrected chi connectivity index (χ3v) is 2.47. The predicted octanol–water partition coefficient (Wildman–Crippen LogP) is 1.49.